The van der Waals surface area contributed by atoms with E-state index in [4.69, 9.17) is 0 Å². The van der Waals surface area contributed by atoms with Gasteiger partial charge in [-0.1, -0.05) is 6.07 Å². The summed E-state index contributed by atoms with van der Waals surface area (Å²) in [5, 5.41) is 2.88. The van der Waals surface area contributed by atoms with Gasteiger partial charge in [-0.2, -0.15) is 4.99 Å². The SMILES string of the molecule is O=C=NCc1csc(Cc2ccccn2)n1. The third-order valence-corrected chi connectivity index (χ3v) is 2.86. The fourth-order valence-corrected chi connectivity index (χ4v) is 2.07. The smallest absolute Gasteiger partial charge is 0.235 e. The average Bonchev–Trinajstić information content (AvgIpc) is 2.75. The van der Waals surface area contributed by atoms with E-state index in [9.17, 15) is 4.79 Å². The molecule has 0 fully saturated rings. The summed E-state index contributed by atoms with van der Waals surface area (Å²) in [5.74, 6) is 0. The summed E-state index contributed by atoms with van der Waals surface area (Å²) in [6.07, 6.45) is 3.99. The highest BCUT2D eigenvalue weighted by Gasteiger charge is 2.03. The van der Waals surface area contributed by atoms with Crippen LogP contribution in [0, 0.1) is 0 Å². The predicted molar refractivity (Wildman–Crippen MR) is 61.0 cm³/mol. The molecule has 0 unspecified atom stereocenters. The standard InChI is InChI=1S/C11H9N3OS/c15-8-12-6-10-7-16-11(14-10)5-9-3-1-2-4-13-9/h1-4,7H,5-6H2. The van der Waals surface area contributed by atoms with Crippen LogP contribution in [0.4, 0.5) is 0 Å². The molecule has 0 atom stereocenters. The lowest BCUT2D eigenvalue weighted by atomic mass is 10.3. The Labute approximate surface area is 96.7 Å². The molecule has 5 heteroatoms. The number of aromatic nitrogens is 2. The van der Waals surface area contributed by atoms with E-state index in [2.05, 4.69) is 15.0 Å². The van der Waals surface area contributed by atoms with E-state index in [0.717, 1.165) is 22.8 Å². The number of aliphatic imine (C=N–C) groups is 1. The number of hydrogen-bond acceptors (Lipinski definition) is 5. The zero-order chi connectivity index (χ0) is 11.2. The van der Waals surface area contributed by atoms with Crippen molar-refractivity contribution in [3.05, 3.63) is 46.2 Å². The van der Waals surface area contributed by atoms with Gasteiger partial charge in [0.25, 0.3) is 0 Å². The normalized spacial score (nSPS) is 9.75. The van der Waals surface area contributed by atoms with E-state index in [0.29, 0.717) is 6.54 Å². The van der Waals surface area contributed by atoms with Gasteiger partial charge in [-0.25, -0.2) is 9.78 Å². The van der Waals surface area contributed by atoms with Crippen LogP contribution in [0.5, 0.6) is 0 Å². The van der Waals surface area contributed by atoms with Crippen LogP contribution in [-0.2, 0) is 17.8 Å². The van der Waals surface area contributed by atoms with Gasteiger partial charge in [-0.15, -0.1) is 11.3 Å². The zero-order valence-electron chi connectivity index (χ0n) is 8.46. The second kappa shape index (κ2) is 5.30. The largest absolute Gasteiger partial charge is 0.261 e. The Morgan fingerprint density at radius 1 is 1.38 bits per heavy atom. The summed E-state index contributed by atoms with van der Waals surface area (Å²) in [7, 11) is 0. The maximum absolute atomic E-state index is 9.95. The molecule has 0 aliphatic heterocycles. The molecule has 0 aliphatic carbocycles. The molecule has 0 N–H and O–H groups in total. The predicted octanol–water partition coefficient (Wildman–Crippen LogP) is 1.96. The van der Waals surface area contributed by atoms with Crippen LogP contribution in [0.1, 0.15) is 16.4 Å². The molecule has 0 saturated heterocycles. The van der Waals surface area contributed by atoms with Crippen molar-refractivity contribution < 1.29 is 4.79 Å². The highest BCUT2D eigenvalue weighted by Crippen LogP contribution is 2.13. The molecule has 2 heterocycles. The fourth-order valence-electron chi connectivity index (χ4n) is 1.27. The minimum Gasteiger partial charge on any atom is -0.261 e. The first-order valence-corrected chi connectivity index (χ1v) is 5.63. The van der Waals surface area contributed by atoms with E-state index in [1.165, 1.54) is 6.08 Å². The summed E-state index contributed by atoms with van der Waals surface area (Å²) in [6, 6.07) is 5.80. The first-order valence-electron chi connectivity index (χ1n) is 4.75. The summed E-state index contributed by atoms with van der Waals surface area (Å²) in [6.45, 7) is 0.308. The van der Waals surface area contributed by atoms with Crippen molar-refractivity contribution in [1.82, 2.24) is 9.97 Å². The lowest BCUT2D eigenvalue weighted by Gasteiger charge is -1.94. The topological polar surface area (TPSA) is 55.2 Å². The van der Waals surface area contributed by atoms with Gasteiger partial charge in [0.2, 0.25) is 6.08 Å². The van der Waals surface area contributed by atoms with E-state index in [-0.39, 0.29) is 0 Å². The number of carbonyl (C=O) groups excluding carboxylic acids is 1. The molecule has 16 heavy (non-hydrogen) atoms. The number of hydrogen-bond donors (Lipinski definition) is 0. The van der Waals surface area contributed by atoms with Gasteiger partial charge in [-0.05, 0) is 12.1 Å². The van der Waals surface area contributed by atoms with Gasteiger partial charge in [0, 0.05) is 23.7 Å². The third-order valence-electron chi connectivity index (χ3n) is 1.96. The maximum Gasteiger partial charge on any atom is 0.235 e. The molecular weight excluding hydrogens is 222 g/mol. The minimum absolute atomic E-state index is 0.308. The van der Waals surface area contributed by atoms with Crippen LogP contribution in [0.3, 0.4) is 0 Å². The van der Waals surface area contributed by atoms with Crippen LogP contribution in [-0.4, -0.2) is 16.0 Å². The summed E-state index contributed by atoms with van der Waals surface area (Å²) >= 11 is 1.55. The molecule has 2 aromatic heterocycles. The molecular formula is C11H9N3OS. The van der Waals surface area contributed by atoms with Gasteiger partial charge in [0.1, 0.15) is 0 Å². The minimum atomic E-state index is 0.308. The molecule has 2 rings (SSSR count). The number of rotatable bonds is 4. The number of thiazole rings is 1. The monoisotopic (exact) mass is 231 g/mol. The lowest BCUT2D eigenvalue weighted by molar-refractivity contribution is 0.562. The molecule has 0 radical (unpaired) electrons. The van der Waals surface area contributed by atoms with Crippen molar-refractivity contribution in [2.24, 2.45) is 4.99 Å². The molecule has 0 bridgehead atoms. The van der Waals surface area contributed by atoms with Crippen LogP contribution >= 0.6 is 11.3 Å². The zero-order valence-corrected chi connectivity index (χ0v) is 9.28. The Kier molecular flexibility index (Phi) is 3.53. The summed E-state index contributed by atoms with van der Waals surface area (Å²) in [4.78, 5) is 22.0. The van der Waals surface area contributed by atoms with Crippen molar-refractivity contribution in [3.63, 3.8) is 0 Å². The summed E-state index contributed by atoms with van der Waals surface area (Å²) in [5.41, 5.74) is 1.79. The second-order valence-electron chi connectivity index (χ2n) is 3.14. The molecule has 4 nitrogen and oxygen atoms in total. The van der Waals surface area contributed by atoms with E-state index in [1.807, 2.05) is 23.6 Å². The molecule has 80 valence electrons. The third kappa shape index (κ3) is 2.82. The summed E-state index contributed by atoms with van der Waals surface area (Å²) < 4.78 is 0. The van der Waals surface area contributed by atoms with E-state index in [1.54, 1.807) is 17.5 Å². The van der Waals surface area contributed by atoms with Gasteiger partial charge in [0.15, 0.2) is 0 Å². The van der Waals surface area contributed by atoms with Gasteiger partial charge < -0.3 is 0 Å². The molecule has 0 saturated carbocycles. The van der Waals surface area contributed by atoms with Crippen LogP contribution in [0.15, 0.2) is 34.8 Å². The number of isocyanates is 1. The Morgan fingerprint density at radius 2 is 2.31 bits per heavy atom. The highest BCUT2D eigenvalue weighted by molar-refractivity contribution is 7.09. The Morgan fingerprint density at radius 3 is 3.06 bits per heavy atom. The Hall–Kier alpha value is -1.84. The molecule has 0 aliphatic rings. The van der Waals surface area contributed by atoms with Gasteiger partial charge in [-0.3, -0.25) is 4.98 Å². The quantitative estimate of drug-likeness (QED) is 0.597. The number of pyridine rings is 1. The molecule has 2 aromatic rings. The van der Waals surface area contributed by atoms with Crippen molar-refractivity contribution in [2.75, 3.05) is 0 Å². The van der Waals surface area contributed by atoms with Crippen molar-refractivity contribution in [3.8, 4) is 0 Å². The van der Waals surface area contributed by atoms with Crippen molar-refractivity contribution >= 4 is 17.4 Å². The molecule has 0 aromatic carbocycles. The second-order valence-corrected chi connectivity index (χ2v) is 4.08. The van der Waals surface area contributed by atoms with Crippen LogP contribution in [0.25, 0.3) is 0 Å². The van der Waals surface area contributed by atoms with Gasteiger partial charge in [0.05, 0.1) is 17.2 Å². The Balaban J connectivity index is 2.05. The Bertz CT molecular complexity index is 503. The highest BCUT2D eigenvalue weighted by atomic mass is 32.1. The van der Waals surface area contributed by atoms with Crippen LogP contribution < -0.4 is 0 Å². The first kappa shape index (κ1) is 10.7. The lowest BCUT2D eigenvalue weighted by Crippen LogP contribution is -1.91. The molecule has 0 spiro atoms. The van der Waals surface area contributed by atoms with Crippen molar-refractivity contribution in [2.45, 2.75) is 13.0 Å². The number of nitrogens with zero attached hydrogens (tertiary/aromatic N) is 3. The maximum atomic E-state index is 9.95. The average molecular weight is 231 g/mol. The first-order chi connectivity index (χ1) is 7.88. The van der Waals surface area contributed by atoms with Crippen LogP contribution in [0.2, 0.25) is 0 Å². The van der Waals surface area contributed by atoms with Crippen molar-refractivity contribution in [1.29, 1.82) is 0 Å². The van der Waals surface area contributed by atoms with Gasteiger partial charge >= 0.3 is 0 Å². The fraction of sp³-hybridized carbons (Fsp3) is 0.182. The van der Waals surface area contributed by atoms with E-state index >= 15 is 0 Å². The van der Waals surface area contributed by atoms with E-state index < -0.39 is 0 Å². The molecule has 0 amide bonds.